The summed E-state index contributed by atoms with van der Waals surface area (Å²) in [4.78, 5) is 30.5. The summed E-state index contributed by atoms with van der Waals surface area (Å²) in [7, 11) is 3.02. The van der Waals surface area contributed by atoms with Gasteiger partial charge in [0.1, 0.15) is 0 Å². The van der Waals surface area contributed by atoms with Crippen molar-refractivity contribution in [2.75, 3.05) is 14.2 Å². The number of carbonyl (C=O) groups is 2. The van der Waals surface area contributed by atoms with Gasteiger partial charge in [-0.15, -0.1) is 0 Å². The number of thioether (sulfide) groups is 1. The molecule has 2 aromatic rings. The summed E-state index contributed by atoms with van der Waals surface area (Å²) in [5, 5.41) is 1.23. The van der Waals surface area contributed by atoms with Crippen LogP contribution in [0.25, 0.3) is 6.08 Å². The van der Waals surface area contributed by atoms with Crippen LogP contribution in [0.4, 0.5) is 5.69 Å². The molecule has 0 aromatic heterocycles. The number of carbonyl (C=O) groups excluding carboxylic acids is 2. The van der Waals surface area contributed by atoms with Gasteiger partial charge in [-0.1, -0.05) is 23.7 Å². The minimum atomic E-state index is -0.396. The Morgan fingerprint density at radius 3 is 2.42 bits per heavy atom. The van der Waals surface area contributed by atoms with E-state index in [-0.39, 0.29) is 5.91 Å². The first-order chi connectivity index (χ1) is 12.5. The number of hydrogen-bond acceptors (Lipinski definition) is 5. The van der Waals surface area contributed by atoms with Crippen LogP contribution < -0.4 is 0 Å². The third-order valence-corrected chi connectivity index (χ3v) is 5.00. The van der Waals surface area contributed by atoms with E-state index in [0.29, 0.717) is 20.7 Å². The van der Waals surface area contributed by atoms with Gasteiger partial charge in [-0.3, -0.25) is 9.69 Å². The van der Waals surface area contributed by atoms with Gasteiger partial charge in [0.15, 0.2) is 5.17 Å². The fourth-order valence-electron chi connectivity index (χ4n) is 2.26. The van der Waals surface area contributed by atoms with Crippen LogP contribution in [0.2, 0.25) is 5.02 Å². The number of halogens is 1. The Labute approximate surface area is 160 Å². The second kappa shape index (κ2) is 7.76. The van der Waals surface area contributed by atoms with E-state index in [9.17, 15) is 9.59 Å². The first-order valence-electron chi connectivity index (χ1n) is 7.68. The van der Waals surface area contributed by atoms with Gasteiger partial charge >= 0.3 is 5.97 Å². The fourth-order valence-corrected chi connectivity index (χ4v) is 3.38. The first-order valence-corrected chi connectivity index (χ1v) is 8.87. The average Bonchev–Trinajstić information content (AvgIpc) is 2.91. The van der Waals surface area contributed by atoms with E-state index in [1.54, 1.807) is 61.7 Å². The zero-order valence-corrected chi connectivity index (χ0v) is 15.7. The Kier molecular flexibility index (Phi) is 5.44. The lowest BCUT2D eigenvalue weighted by molar-refractivity contribution is -0.121. The van der Waals surface area contributed by atoms with Crippen LogP contribution in [0.1, 0.15) is 15.9 Å². The van der Waals surface area contributed by atoms with Gasteiger partial charge in [-0.05, 0) is 59.8 Å². The van der Waals surface area contributed by atoms with Crippen molar-refractivity contribution in [3.63, 3.8) is 0 Å². The van der Waals surface area contributed by atoms with Gasteiger partial charge in [0.2, 0.25) is 0 Å². The van der Waals surface area contributed by atoms with Gasteiger partial charge in [-0.2, -0.15) is 0 Å². The van der Waals surface area contributed by atoms with Crippen LogP contribution in [0.3, 0.4) is 0 Å². The number of rotatable bonds is 3. The fraction of sp³-hybridized carbons (Fsp3) is 0.105. The summed E-state index contributed by atoms with van der Waals surface area (Å²) < 4.78 is 4.68. The SMILES string of the molecule is COC(=O)c1ccc(/C=C2/SC(=Nc3ccc(Cl)cc3)N(C)C2=O)cc1. The monoisotopic (exact) mass is 386 g/mol. The van der Waals surface area contributed by atoms with Crippen molar-refractivity contribution in [2.24, 2.45) is 4.99 Å². The molecule has 132 valence electrons. The van der Waals surface area contributed by atoms with Crippen molar-refractivity contribution >= 4 is 52.2 Å². The predicted octanol–water partition coefficient (Wildman–Crippen LogP) is 4.36. The molecule has 0 N–H and O–H groups in total. The number of benzene rings is 2. The van der Waals surface area contributed by atoms with E-state index in [1.807, 2.05) is 0 Å². The highest BCUT2D eigenvalue weighted by Crippen LogP contribution is 2.33. The van der Waals surface area contributed by atoms with Crippen molar-refractivity contribution in [1.29, 1.82) is 0 Å². The van der Waals surface area contributed by atoms with E-state index < -0.39 is 5.97 Å². The molecule has 2 aromatic carbocycles. The predicted molar refractivity (Wildman–Crippen MR) is 105 cm³/mol. The van der Waals surface area contributed by atoms with Crippen LogP contribution >= 0.6 is 23.4 Å². The number of likely N-dealkylation sites (N-methyl/N-ethyl adjacent to an activating group) is 1. The quantitative estimate of drug-likeness (QED) is 0.581. The van der Waals surface area contributed by atoms with Crippen LogP contribution in [0.5, 0.6) is 0 Å². The summed E-state index contributed by atoms with van der Waals surface area (Å²) in [6, 6.07) is 13.9. The molecule has 1 aliphatic heterocycles. The maximum Gasteiger partial charge on any atom is 0.337 e. The van der Waals surface area contributed by atoms with Crippen molar-refractivity contribution < 1.29 is 14.3 Å². The molecular weight excluding hydrogens is 372 g/mol. The molecule has 0 atom stereocenters. The third-order valence-electron chi connectivity index (χ3n) is 3.68. The van der Waals surface area contributed by atoms with E-state index in [1.165, 1.54) is 23.8 Å². The number of hydrogen-bond donors (Lipinski definition) is 0. The maximum atomic E-state index is 12.4. The number of aliphatic imine (C=N–C) groups is 1. The highest BCUT2D eigenvalue weighted by atomic mass is 35.5. The zero-order valence-electron chi connectivity index (χ0n) is 14.1. The van der Waals surface area contributed by atoms with Crippen LogP contribution in [-0.2, 0) is 9.53 Å². The van der Waals surface area contributed by atoms with Gasteiger partial charge < -0.3 is 4.74 Å². The molecule has 0 radical (unpaired) electrons. The minimum Gasteiger partial charge on any atom is -0.465 e. The second-order valence-electron chi connectivity index (χ2n) is 5.46. The Morgan fingerprint density at radius 1 is 1.15 bits per heavy atom. The summed E-state index contributed by atoms with van der Waals surface area (Å²) >= 11 is 7.18. The van der Waals surface area contributed by atoms with Crippen molar-refractivity contribution in [3.8, 4) is 0 Å². The second-order valence-corrected chi connectivity index (χ2v) is 6.90. The molecule has 7 heteroatoms. The molecule has 1 fully saturated rings. The third kappa shape index (κ3) is 3.98. The van der Waals surface area contributed by atoms with Crippen LogP contribution in [-0.4, -0.2) is 36.1 Å². The molecule has 1 amide bonds. The Balaban J connectivity index is 1.83. The molecule has 0 unspecified atom stereocenters. The van der Waals surface area contributed by atoms with Gasteiger partial charge in [0, 0.05) is 12.1 Å². The molecule has 0 saturated carbocycles. The smallest absolute Gasteiger partial charge is 0.337 e. The Bertz CT molecular complexity index is 905. The van der Waals surface area contributed by atoms with Crippen molar-refractivity contribution in [1.82, 2.24) is 4.90 Å². The topological polar surface area (TPSA) is 59.0 Å². The largest absolute Gasteiger partial charge is 0.465 e. The van der Waals surface area contributed by atoms with E-state index in [4.69, 9.17) is 11.6 Å². The minimum absolute atomic E-state index is 0.125. The number of esters is 1. The first kappa shape index (κ1) is 18.2. The van der Waals surface area contributed by atoms with Crippen molar-refractivity contribution in [3.05, 3.63) is 69.6 Å². The molecule has 1 aliphatic rings. The summed E-state index contributed by atoms with van der Waals surface area (Å²) in [5.74, 6) is -0.521. The highest BCUT2D eigenvalue weighted by molar-refractivity contribution is 8.18. The standard InChI is InChI=1S/C19H15ClN2O3S/c1-22-17(23)16(11-12-3-5-13(6-4-12)18(24)25-2)26-19(22)21-15-9-7-14(20)8-10-15/h3-11H,1-2H3/b16-11+,21-19?. The number of methoxy groups -OCH3 is 1. The molecular formula is C19H15ClN2O3S. The number of ether oxygens (including phenoxy) is 1. The molecule has 3 rings (SSSR count). The molecule has 1 heterocycles. The molecule has 5 nitrogen and oxygen atoms in total. The summed E-state index contributed by atoms with van der Waals surface area (Å²) in [6.07, 6.45) is 1.77. The zero-order chi connectivity index (χ0) is 18.7. The lowest BCUT2D eigenvalue weighted by atomic mass is 10.1. The normalized spacial score (nSPS) is 17.2. The van der Waals surface area contributed by atoms with Gasteiger partial charge in [0.05, 0.1) is 23.3 Å². The number of nitrogens with zero attached hydrogens (tertiary/aromatic N) is 2. The number of amides is 1. The van der Waals surface area contributed by atoms with Crippen LogP contribution in [0, 0.1) is 0 Å². The van der Waals surface area contributed by atoms with Gasteiger partial charge in [0.25, 0.3) is 5.91 Å². The summed E-state index contributed by atoms with van der Waals surface area (Å²) in [5.41, 5.74) is 2.00. The maximum absolute atomic E-state index is 12.4. The molecule has 0 aliphatic carbocycles. The van der Waals surface area contributed by atoms with E-state index in [0.717, 1.165) is 11.3 Å². The van der Waals surface area contributed by atoms with Crippen molar-refractivity contribution in [2.45, 2.75) is 0 Å². The number of amidine groups is 1. The van der Waals surface area contributed by atoms with E-state index in [2.05, 4.69) is 9.73 Å². The molecule has 0 spiro atoms. The molecule has 1 saturated heterocycles. The highest BCUT2D eigenvalue weighted by Gasteiger charge is 2.30. The van der Waals surface area contributed by atoms with Crippen LogP contribution in [0.15, 0.2) is 58.4 Å². The van der Waals surface area contributed by atoms with E-state index >= 15 is 0 Å². The Hall–Kier alpha value is -2.57. The summed E-state index contributed by atoms with van der Waals surface area (Å²) in [6.45, 7) is 0. The lowest BCUT2D eigenvalue weighted by Gasteiger charge is -2.07. The Morgan fingerprint density at radius 2 is 1.81 bits per heavy atom. The lowest BCUT2D eigenvalue weighted by Crippen LogP contribution is -2.23. The molecule has 26 heavy (non-hydrogen) atoms. The van der Waals surface area contributed by atoms with Gasteiger partial charge in [-0.25, -0.2) is 9.79 Å². The molecule has 0 bridgehead atoms. The average molecular weight is 387 g/mol.